The van der Waals surface area contributed by atoms with Gasteiger partial charge in [-0.3, -0.25) is 14.4 Å². The van der Waals surface area contributed by atoms with Crippen LogP contribution in [0.4, 0.5) is 0 Å². The lowest BCUT2D eigenvalue weighted by Crippen LogP contribution is -2.30. The SMILES string of the molecule is C.C.CC1(C)O[C@@H]2C(=O)C3=C(NCCc4cc5c(cc43)OCO5)[C@@H]2O1.CC1(C)O[C@@H]2C(=O)C=C(Cl)[C@@H]2O1.CC1(C)O[C@@H]2C(=O)C=C(N3CC3c3ccc4c(c3)OCO4)[C@@H]2O1.c1cc2c(cc1C1CN1)OCO2. The molecule has 0 radical (unpaired) electrons. The Balaban J connectivity index is 0.000000114. The molecule has 2 N–H and O–H groups in total. The number of hydrogen-bond acceptors (Lipinski definition) is 18. The van der Waals surface area contributed by atoms with Crippen LogP contribution in [0.3, 0.4) is 0 Å². The fraction of sp³-hybridized carbons (Fsp3) is 0.491. The molecule has 19 heteroatoms. The molecule has 0 amide bonds. The maximum Gasteiger partial charge on any atom is 0.231 e. The van der Waals surface area contributed by atoms with Crippen molar-refractivity contribution < 1.29 is 71.2 Å². The van der Waals surface area contributed by atoms with Gasteiger partial charge in [-0.05, 0) is 107 Å². The first kappa shape index (κ1) is 49.9. The molecule has 0 aromatic heterocycles. The zero-order chi connectivity index (χ0) is 48.4. The summed E-state index contributed by atoms with van der Waals surface area (Å²) in [5, 5.41) is 7.06. The van der Waals surface area contributed by atoms with Gasteiger partial charge >= 0.3 is 0 Å². The summed E-state index contributed by atoms with van der Waals surface area (Å²) in [7, 11) is 0. The monoisotopic (exact) mass is 1010 g/mol. The number of Topliss-reactive ketones (excluding diaryl/α,β-unsaturated/α-hetero) is 1. The Kier molecular flexibility index (Phi) is 12.7. The van der Waals surface area contributed by atoms with Crippen molar-refractivity contribution in [3.8, 4) is 34.5 Å². The van der Waals surface area contributed by atoms with Crippen LogP contribution in [0.15, 0.2) is 77.1 Å². The van der Waals surface area contributed by atoms with E-state index in [2.05, 4.69) is 21.6 Å². The lowest BCUT2D eigenvalue weighted by atomic mass is 9.96. The van der Waals surface area contributed by atoms with Crippen LogP contribution < -0.4 is 39.1 Å². The summed E-state index contributed by atoms with van der Waals surface area (Å²) in [5.74, 6) is 2.45. The third kappa shape index (κ3) is 9.21. The molecule has 72 heavy (non-hydrogen) atoms. The highest BCUT2D eigenvalue weighted by Gasteiger charge is 2.56. The van der Waals surface area contributed by atoms with E-state index < -0.39 is 35.7 Å². The number of rotatable bonds is 3. The number of hydrogen-bond donors (Lipinski definition) is 2. The Morgan fingerprint density at radius 2 is 1.08 bits per heavy atom. The number of halogens is 1. The van der Waals surface area contributed by atoms with Crippen LogP contribution in [-0.4, -0.2) is 116 Å². The standard InChI is InChI=1S/2C17H17NO5.C9H9NO2.C8H9ClO3.2CH4/c1-17(2)22-15-10(6-12(19)16(15)23-17)18-7-11(18)9-3-4-13-14(5-9)21-8-20-13;1-17(2)22-15-13-12(14(19)16(15)23-17)9-6-11-10(20-7-21-11)5-8(9)3-4-18-13;1-2-8-9(12-5-11-8)3-6(1)7-4-10-7;1-8(2)11-6-4(9)3-5(10)7(6)12-8;;/h3-6,11,15-16H,7-8H2,1-2H3;5-6,15-16,18H,3-4,7H2,1-2H3;1-3,7,10H,4-5H2;3,6-7H,1-2H3;2*1H4/t11?,15-,16+,18?;15-,16+;;6-,7+;;/m00.0../s1. The molecule has 0 saturated carbocycles. The van der Waals surface area contributed by atoms with E-state index >= 15 is 0 Å². The number of ketones is 3. The molecule has 0 spiro atoms. The Hall–Kier alpha value is -5.70. The molecule has 0 bridgehead atoms. The van der Waals surface area contributed by atoms with Crippen molar-refractivity contribution >= 4 is 34.5 Å². The zero-order valence-electron chi connectivity index (χ0n) is 39.3. The molecule has 2 unspecified atom stereocenters. The van der Waals surface area contributed by atoms with E-state index in [0.717, 1.165) is 82.9 Å². The topological polar surface area (TPSA) is 199 Å². The zero-order valence-corrected chi connectivity index (χ0v) is 40.0. The molecule has 5 saturated heterocycles. The number of nitrogens with one attached hydrogen (secondary N) is 2. The van der Waals surface area contributed by atoms with E-state index in [0.29, 0.717) is 29.2 Å². The van der Waals surface area contributed by atoms with Gasteiger partial charge in [0.2, 0.25) is 20.4 Å². The molecular weight excluding hydrogens is 954 g/mol. The average Bonchev–Trinajstić information content (AvgIpc) is 3.62. The van der Waals surface area contributed by atoms with Crippen molar-refractivity contribution in [2.24, 2.45) is 0 Å². The molecule has 3 aliphatic carbocycles. The minimum Gasteiger partial charge on any atom is -0.454 e. The van der Waals surface area contributed by atoms with Crippen molar-refractivity contribution in [3.05, 3.63) is 99.4 Å². The smallest absolute Gasteiger partial charge is 0.231 e. The van der Waals surface area contributed by atoms with Gasteiger partial charge in [-0.15, -0.1) is 0 Å². The summed E-state index contributed by atoms with van der Waals surface area (Å²) in [6, 6.07) is 16.8. The minimum atomic E-state index is -0.741. The van der Waals surface area contributed by atoms with Gasteiger partial charge in [0, 0.05) is 43.4 Å². The van der Waals surface area contributed by atoms with Crippen molar-refractivity contribution in [2.75, 3.05) is 40.0 Å². The third-order valence-corrected chi connectivity index (χ3v) is 13.9. The number of nitrogens with zero attached hydrogens (tertiary/aromatic N) is 1. The van der Waals surface area contributed by atoms with E-state index in [1.54, 1.807) is 19.9 Å². The molecule has 18 nitrogen and oxygen atoms in total. The number of carbonyl (C=O) groups excluding carboxylic acids is 3. The first-order chi connectivity index (χ1) is 33.5. The van der Waals surface area contributed by atoms with Crippen LogP contribution in [-0.2, 0) is 49.2 Å². The highest BCUT2D eigenvalue weighted by Crippen LogP contribution is 2.49. The first-order valence-electron chi connectivity index (χ1n) is 23.5. The Morgan fingerprint density at radius 3 is 1.71 bits per heavy atom. The van der Waals surface area contributed by atoms with Crippen molar-refractivity contribution in [3.63, 3.8) is 0 Å². The predicted octanol–water partition coefficient (Wildman–Crippen LogP) is 6.68. The van der Waals surface area contributed by atoms with Gasteiger partial charge in [0.05, 0.1) is 22.5 Å². The molecule has 9 aliphatic heterocycles. The Morgan fingerprint density at radius 1 is 0.583 bits per heavy atom. The summed E-state index contributed by atoms with van der Waals surface area (Å²) in [4.78, 5) is 38.5. The molecule has 15 rings (SSSR count). The maximum absolute atomic E-state index is 12.9. The Labute approximate surface area is 422 Å². The molecular formula is C53H60ClN3O15. The average molecular weight is 1010 g/mol. The van der Waals surface area contributed by atoms with Gasteiger partial charge in [-0.1, -0.05) is 38.6 Å². The Bertz CT molecular complexity index is 2820. The fourth-order valence-corrected chi connectivity index (χ4v) is 10.5. The molecule has 3 aromatic carbocycles. The summed E-state index contributed by atoms with van der Waals surface area (Å²) >= 11 is 5.77. The van der Waals surface area contributed by atoms with Crippen molar-refractivity contribution in [2.45, 2.75) is 129 Å². The van der Waals surface area contributed by atoms with Crippen LogP contribution in [0, 0.1) is 0 Å². The van der Waals surface area contributed by atoms with Crippen molar-refractivity contribution in [1.82, 2.24) is 15.5 Å². The highest BCUT2D eigenvalue weighted by atomic mass is 35.5. The van der Waals surface area contributed by atoms with Gasteiger partial charge < -0.3 is 72.4 Å². The maximum atomic E-state index is 12.9. The lowest BCUT2D eigenvalue weighted by Gasteiger charge is -2.19. The second kappa shape index (κ2) is 18.3. The first-order valence-corrected chi connectivity index (χ1v) is 23.8. The second-order valence-electron chi connectivity index (χ2n) is 19.9. The quantitative estimate of drug-likeness (QED) is 0.263. The van der Waals surface area contributed by atoms with Crippen LogP contribution in [0.25, 0.3) is 5.57 Å². The van der Waals surface area contributed by atoms with Gasteiger partial charge in [-0.25, -0.2) is 0 Å². The summed E-state index contributed by atoms with van der Waals surface area (Å²) in [6.07, 6.45) is 1.22. The third-order valence-electron chi connectivity index (χ3n) is 13.6. The van der Waals surface area contributed by atoms with E-state index in [1.165, 1.54) is 11.6 Å². The molecule has 3 aromatic rings. The van der Waals surface area contributed by atoms with Gasteiger partial charge in [0.15, 0.2) is 87.5 Å². The molecule has 5 fully saturated rings. The van der Waals surface area contributed by atoms with Gasteiger partial charge in [0.25, 0.3) is 0 Å². The number of carbonyl (C=O) groups is 3. The number of ether oxygens (including phenoxy) is 12. The summed E-state index contributed by atoms with van der Waals surface area (Å²) < 4.78 is 66.3. The number of fused-ring (bicyclic) bond motifs is 9. The minimum absolute atomic E-state index is 0. The van der Waals surface area contributed by atoms with Crippen LogP contribution in [0.2, 0.25) is 0 Å². The van der Waals surface area contributed by atoms with Crippen LogP contribution in [0.5, 0.6) is 34.5 Å². The van der Waals surface area contributed by atoms with E-state index in [1.807, 2.05) is 70.2 Å². The van der Waals surface area contributed by atoms with E-state index in [-0.39, 0.29) is 70.1 Å². The summed E-state index contributed by atoms with van der Waals surface area (Å²) in [6.45, 7) is 14.4. The second-order valence-corrected chi connectivity index (χ2v) is 20.3. The number of benzene rings is 3. The largest absolute Gasteiger partial charge is 0.454 e. The molecule has 8 atom stereocenters. The molecule has 12 aliphatic rings. The van der Waals surface area contributed by atoms with E-state index in [4.69, 9.17) is 68.4 Å². The molecule has 9 heterocycles. The lowest BCUT2D eigenvalue weighted by molar-refractivity contribution is -0.153. The van der Waals surface area contributed by atoms with E-state index in [9.17, 15) is 14.4 Å². The summed E-state index contributed by atoms with van der Waals surface area (Å²) in [5.41, 5.74) is 6.86. The van der Waals surface area contributed by atoms with Crippen LogP contribution >= 0.6 is 11.6 Å². The fourth-order valence-electron chi connectivity index (χ4n) is 10.3. The van der Waals surface area contributed by atoms with Gasteiger partial charge in [0.1, 0.15) is 18.3 Å². The highest BCUT2D eigenvalue weighted by molar-refractivity contribution is 6.33. The molecule has 384 valence electrons. The van der Waals surface area contributed by atoms with Gasteiger partial charge in [-0.2, -0.15) is 0 Å². The normalized spacial score (nSPS) is 30.4. The van der Waals surface area contributed by atoms with Crippen LogP contribution in [0.1, 0.15) is 90.7 Å². The van der Waals surface area contributed by atoms with Crippen molar-refractivity contribution in [1.29, 1.82) is 0 Å². The predicted molar refractivity (Wildman–Crippen MR) is 258 cm³/mol.